The Hall–Kier alpha value is -7.53. The molecule has 1 aromatic carbocycles. The maximum absolute atomic E-state index is 14.7. The number of hydrogen-bond acceptors (Lipinski definition) is 5. The van der Waals surface area contributed by atoms with Crippen molar-refractivity contribution in [3.05, 3.63) is 172 Å². The van der Waals surface area contributed by atoms with E-state index in [1.807, 2.05) is 72.8 Å². The Labute approximate surface area is 296 Å². The molecular formula is C41H27N7O4. The van der Waals surface area contributed by atoms with Crippen molar-refractivity contribution in [3.8, 4) is 44.5 Å². The van der Waals surface area contributed by atoms with E-state index in [9.17, 15) is 20.8 Å². The van der Waals surface area contributed by atoms with Gasteiger partial charge in [-0.1, -0.05) is 30.3 Å². The van der Waals surface area contributed by atoms with E-state index in [1.165, 1.54) is 37.2 Å². The van der Waals surface area contributed by atoms with Crippen LogP contribution in [0.5, 0.6) is 0 Å². The van der Waals surface area contributed by atoms with Crippen LogP contribution >= 0.6 is 0 Å². The number of benzene rings is 1. The lowest BCUT2D eigenvalue weighted by Crippen LogP contribution is -2.31. The van der Waals surface area contributed by atoms with Crippen LogP contribution in [0.2, 0.25) is 0 Å². The van der Waals surface area contributed by atoms with Gasteiger partial charge in [0.15, 0.2) is 37.2 Å². The molecule has 2 aliphatic rings. The molecular weight excluding hydrogens is 654 g/mol. The third-order valence-electron chi connectivity index (χ3n) is 9.29. The number of aromatic nitrogens is 7. The first-order valence-corrected chi connectivity index (χ1v) is 16.5. The summed E-state index contributed by atoms with van der Waals surface area (Å²) in [5.41, 5.74) is 10.6. The molecule has 0 atom stereocenters. The highest BCUT2D eigenvalue weighted by Crippen LogP contribution is 2.37. The van der Waals surface area contributed by atoms with Crippen molar-refractivity contribution in [1.29, 1.82) is 0 Å². The molecule has 52 heavy (non-hydrogen) atoms. The third kappa shape index (κ3) is 5.20. The Balaban J connectivity index is 1.49. The lowest BCUT2D eigenvalue weighted by Gasteiger charge is -2.08. The van der Waals surface area contributed by atoms with Gasteiger partial charge in [0.1, 0.15) is 0 Å². The van der Waals surface area contributed by atoms with E-state index in [-0.39, 0.29) is 0 Å². The van der Waals surface area contributed by atoms with Crippen molar-refractivity contribution in [3.63, 3.8) is 0 Å². The molecule has 0 saturated heterocycles. The Morgan fingerprint density at radius 3 is 1.13 bits per heavy atom. The van der Waals surface area contributed by atoms with Crippen LogP contribution in [-0.2, 0) is 0 Å². The number of H-pyrrole nitrogens is 2. The zero-order chi connectivity index (χ0) is 35.3. The predicted octanol–water partition coefficient (Wildman–Crippen LogP) is 6.46. The van der Waals surface area contributed by atoms with E-state index in [4.69, 9.17) is 4.98 Å². The van der Waals surface area contributed by atoms with Crippen molar-refractivity contribution < 1.29 is 18.9 Å². The van der Waals surface area contributed by atoms with E-state index < -0.39 is 0 Å². The normalized spacial score (nSPS) is 12.0. The van der Waals surface area contributed by atoms with Gasteiger partial charge in [-0.25, -0.2) is 4.98 Å². The largest absolute Gasteiger partial charge is 0.619 e. The highest BCUT2D eigenvalue weighted by Gasteiger charge is 2.25. The summed E-state index contributed by atoms with van der Waals surface area (Å²) in [7, 11) is 0. The van der Waals surface area contributed by atoms with Crippen molar-refractivity contribution in [2.24, 2.45) is 0 Å². The highest BCUT2D eigenvalue weighted by molar-refractivity contribution is 5.98. The number of nitrogens with zero attached hydrogens (tertiary/aromatic N) is 5. The van der Waals surface area contributed by atoms with Crippen molar-refractivity contribution in [2.45, 2.75) is 0 Å². The lowest BCUT2D eigenvalue weighted by atomic mass is 10.0. The molecule has 6 aromatic heterocycles. The van der Waals surface area contributed by atoms with E-state index in [2.05, 4.69) is 9.97 Å². The van der Waals surface area contributed by atoms with Crippen LogP contribution in [0.25, 0.3) is 90.9 Å². The molecule has 9 rings (SSSR count). The number of rotatable bonds is 4. The molecule has 0 unspecified atom stereocenters. The molecule has 8 heterocycles. The van der Waals surface area contributed by atoms with Crippen LogP contribution in [-0.4, -0.2) is 15.0 Å². The fourth-order valence-corrected chi connectivity index (χ4v) is 6.92. The number of nitrogens with one attached hydrogen (secondary N) is 2. The minimum atomic E-state index is 0.379. The molecule has 7 aromatic rings. The lowest BCUT2D eigenvalue weighted by molar-refractivity contribution is -0.605. The van der Waals surface area contributed by atoms with Crippen molar-refractivity contribution >= 4 is 46.4 Å². The van der Waals surface area contributed by atoms with Gasteiger partial charge < -0.3 is 30.8 Å². The second kappa shape index (κ2) is 12.1. The summed E-state index contributed by atoms with van der Waals surface area (Å²) in [6, 6.07) is 27.7. The molecule has 11 nitrogen and oxygen atoms in total. The summed E-state index contributed by atoms with van der Waals surface area (Å²) in [4.78, 5) is 12.3. The van der Waals surface area contributed by atoms with Crippen LogP contribution in [0.15, 0.2) is 128 Å². The summed E-state index contributed by atoms with van der Waals surface area (Å²) in [6.07, 6.45) is 16.0. The Morgan fingerprint density at radius 2 is 0.731 bits per heavy atom. The minimum absolute atomic E-state index is 0.379. The highest BCUT2D eigenvalue weighted by atomic mass is 16.5. The molecule has 0 aliphatic carbocycles. The average Bonchev–Trinajstić information content (AvgIpc) is 3.99. The van der Waals surface area contributed by atoms with Gasteiger partial charge in [0.25, 0.3) is 0 Å². The van der Waals surface area contributed by atoms with Gasteiger partial charge in [0.2, 0.25) is 11.4 Å². The number of fused-ring (bicyclic) bond motifs is 8. The second-order valence-electron chi connectivity index (χ2n) is 12.4. The molecule has 0 radical (unpaired) electrons. The molecule has 8 bridgehead atoms. The van der Waals surface area contributed by atoms with E-state index in [1.54, 1.807) is 42.5 Å². The van der Waals surface area contributed by atoms with Crippen LogP contribution in [0.1, 0.15) is 22.8 Å². The first-order valence-electron chi connectivity index (χ1n) is 16.5. The summed E-state index contributed by atoms with van der Waals surface area (Å²) < 4.78 is 3.08. The zero-order valence-electron chi connectivity index (χ0n) is 27.3. The van der Waals surface area contributed by atoms with Gasteiger partial charge in [0.05, 0.1) is 33.5 Å². The average molecular weight is 682 g/mol. The monoisotopic (exact) mass is 681 g/mol. The first kappa shape index (κ1) is 30.5. The van der Waals surface area contributed by atoms with Gasteiger partial charge in [-0.3, -0.25) is 0 Å². The summed E-state index contributed by atoms with van der Waals surface area (Å²) in [5, 5.41) is 51.0. The molecule has 0 saturated carbocycles. The Morgan fingerprint density at radius 1 is 0.385 bits per heavy atom. The number of pyridine rings is 3. The van der Waals surface area contributed by atoms with Gasteiger partial charge in [-0.05, 0) is 53.1 Å². The zero-order valence-corrected chi connectivity index (χ0v) is 27.3. The second-order valence-corrected chi connectivity index (χ2v) is 12.4. The fraction of sp³-hybridized carbons (Fsp3) is 0. The molecule has 0 amide bonds. The first-order chi connectivity index (χ1) is 25.4. The standard InChI is InChI=1S/C41H27N7O4/c49-45-20-14-27(15-21-45)38-30-6-7-31(42-30)39(28-16-22-46(50)23-17-28)33-9-11-35(44-33)41(29-18-24-47(51)25-19-29)37-13-12-36(48(37)52)40(26-4-2-1-3-5-26)34-10-8-32(38)43-34/h1-25,43-44H. The van der Waals surface area contributed by atoms with Crippen LogP contribution < -0.4 is 18.9 Å². The quantitative estimate of drug-likeness (QED) is 0.161. The SMILES string of the molecule is [O-][n+]1ccc(-c2c3nc(c(-c4cc[n+]([O-])cc4)c4ccc([nH]4)c(-c4cc[n+]([O-])cc4)c4[n+]([O-])c(c(-c5ccccc5)c5ccc2[nH]5)C=C4)C=C3)cc1. The minimum Gasteiger partial charge on any atom is -0.619 e. The third-order valence-corrected chi connectivity index (χ3v) is 9.29. The Bertz CT molecular complexity index is 2750. The smallest absolute Gasteiger partial charge is 0.227 e. The molecule has 250 valence electrons. The molecule has 2 N–H and O–H groups in total. The van der Waals surface area contributed by atoms with Crippen molar-refractivity contribution in [1.82, 2.24) is 15.0 Å². The van der Waals surface area contributed by atoms with Gasteiger partial charge in [0, 0.05) is 76.3 Å². The molecule has 2 aliphatic heterocycles. The summed E-state index contributed by atoms with van der Waals surface area (Å²) in [5.74, 6) is 0. The van der Waals surface area contributed by atoms with E-state index in [0.29, 0.717) is 60.7 Å². The van der Waals surface area contributed by atoms with Crippen LogP contribution in [0, 0.1) is 20.8 Å². The number of aromatic amines is 2. The maximum Gasteiger partial charge on any atom is 0.227 e. The molecule has 0 fully saturated rings. The summed E-state index contributed by atoms with van der Waals surface area (Å²) in [6.45, 7) is 0. The van der Waals surface area contributed by atoms with Gasteiger partial charge in [-0.15, -0.1) is 0 Å². The molecule has 11 heteroatoms. The van der Waals surface area contributed by atoms with E-state index >= 15 is 0 Å². The maximum atomic E-state index is 14.7. The predicted molar refractivity (Wildman–Crippen MR) is 199 cm³/mol. The van der Waals surface area contributed by atoms with Crippen molar-refractivity contribution in [2.75, 3.05) is 0 Å². The fourth-order valence-electron chi connectivity index (χ4n) is 6.92. The summed E-state index contributed by atoms with van der Waals surface area (Å²) >= 11 is 0. The molecule has 0 spiro atoms. The Kier molecular flexibility index (Phi) is 7.11. The van der Waals surface area contributed by atoms with Crippen LogP contribution in [0.4, 0.5) is 0 Å². The van der Waals surface area contributed by atoms with Gasteiger partial charge in [-0.2, -0.15) is 18.9 Å². The number of hydrogen-bond donors (Lipinski definition) is 2. The van der Waals surface area contributed by atoms with Crippen LogP contribution in [0.3, 0.4) is 0 Å². The topological polar surface area (TPSA) is 152 Å². The van der Waals surface area contributed by atoms with Gasteiger partial charge >= 0.3 is 0 Å². The van der Waals surface area contributed by atoms with E-state index in [0.717, 1.165) is 47.5 Å².